The van der Waals surface area contributed by atoms with Gasteiger partial charge >= 0.3 is 11.9 Å². The van der Waals surface area contributed by atoms with Gasteiger partial charge in [-0.15, -0.1) is 0 Å². The third-order valence-electron chi connectivity index (χ3n) is 4.41. The summed E-state index contributed by atoms with van der Waals surface area (Å²) in [7, 11) is 2.81. The summed E-state index contributed by atoms with van der Waals surface area (Å²) in [6.45, 7) is 0. The van der Waals surface area contributed by atoms with Crippen LogP contribution < -0.4 is 0 Å². The molecule has 4 nitrogen and oxygen atoms in total. The van der Waals surface area contributed by atoms with Gasteiger partial charge in [0.25, 0.3) is 0 Å². The first-order valence-electron chi connectivity index (χ1n) is 7.96. The summed E-state index contributed by atoms with van der Waals surface area (Å²) in [4.78, 5) is 23.9. The molecular weight excluding hydrogens is 312 g/mol. The van der Waals surface area contributed by atoms with Gasteiger partial charge in [-0.3, -0.25) is 9.59 Å². The minimum Gasteiger partial charge on any atom is -0.469 e. The van der Waals surface area contributed by atoms with E-state index in [-0.39, 0.29) is 29.0 Å². The smallest absolute Gasteiger partial charge is 0.310 e. The number of methoxy groups -OCH3 is 2. The number of carbonyl (C=O) groups excluding carboxylic acids is 2. The molecule has 1 saturated carbocycles. The van der Waals surface area contributed by atoms with Crippen LogP contribution in [-0.4, -0.2) is 31.4 Å². The number of carbonyl (C=O) groups is 2. The zero-order valence-corrected chi connectivity index (χ0v) is 14.5. The second-order valence-corrected chi connectivity index (χ2v) is 7.08. The normalized spacial score (nSPS) is 24.0. The Morgan fingerprint density at radius 1 is 1.13 bits per heavy atom. The van der Waals surface area contributed by atoms with Crippen molar-refractivity contribution in [1.29, 1.82) is 0 Å². The van der Waals surface area contributed by atoms with Crippen LogP contribution in [0.4, 0.5) is 0 Å². The minimum absolute atomic E-state index is 0.0110. The van der Waals surface area contributed by atoms with Crippen molar-refractivity contribution >= 4 is 23.7 Å². The largest absolute Gasteiger partial charge is 0.469 e. The lowest BCUT2D eigenvalue weighted by Gasteiger charge is -2.35. The Balaban J connectivity index is 2.05. The number of benzene rings is 1. The van der Waals surface area contributed by atoms with Crippen LogP contribution in [0, 0.1) is 11.8 Å². The maximum absolute atomic E-state index is 12.3. The number of thioether (sulfide) groups is 1. The summed E-state index contributed by atoms with van der Waals surface area (Å²) in [6.07, 6.45) is 3.17. The Bertz CT molecular complexity index is 517. The van der Waals surface area contributed by atoms with Crippen molar-refractivity contribution in [2.45, 2.75) is 36.7 Å². The average Bonchev–Trinajstić information content (AvgIpc) is 2.60. The number of rotatable bonds is 6. The number of hydrogen-bond acceptors (Lipinski definition) is 5. The van der Waals surface area contributed by atoms with Gasteiger partial charge in [0.05, 0.1) is 20.1 Å². The average molecular weight is 336 g/mol. The number of ether oxygens (including phenoxy) is 2. The Morgan fingerprint density at radius 2 is 1.87 bits per heavy atom. The zero-order valence-electron chi connectivity index (χ0n) is 13.7. The lowest BCUT2D eigenvalue weighted by atomic mass is 9.77. The quantitative estimate of drug-likeness (QED) is 0.745. The maximum Gasteiger partial charge on any atom is 0.310 e. The van der Waals surface area contributed by atoms with Crippen molar-refractivity contribution in [3.05, 3.63) is 35.9 Å². The molecule has 0 aromatic heterocycles. The van der Waals surface area contributed by atoms with E-state index in [2.05, 4.69) is 12.1 Å². The molecule has 0 spiro atoms. The predicted octanol–water partition coefficient (Wildman–Crippen LogP) is 3.44. The van der Waals surface area contributed by atoms with E-state index in [1.165, 1.54) is 19.8 Å². The third kappa shape index (κ3) is 4.99. The topological polar surface area (TPSA) is 52.6 Å². The van der Waals surface area contributed by atoms with Gasteiger partial charge in [-0.05, 0) is 24.3 Å². The number of esters is 2. The summed E-state index contributed by atoms with van der Waals surface area (Å²) < 4.78 is 9.79. The molecule has 126 valence electrons. The van der Waals surface area contributed by atoms with Gasteiger partial charge in [-0.1, -0.05) is 36.8 Å². The van der Waals surface area contributed by atoms with E-state index < -0.39 is 0 Å². The minimum atomic E-state index is -0.252. The van der Waals surface area contributed by atoms with Crippen LogP contribution in [0.2, 0.25) is 0 Å². The fraction of sp³-hybridized carbons (Fsp3) is 0.556. The predicted molar refractivity (Wildman–Crippen MR) is 91.0 cm³/mol. The van der Waals surface area contributed by atoms with E-state index >= 15 is 0 Å². The first-order valence-corrected chi connectivity index (χ1v) is 9.00. The molecule has 0 unspecified atom stereocenters. The van der Waals surface area contributed by atoms with Gasteiger partial charge in [0.15, 0.2) is 0 Å². The van der Waals surface area contributed by atoms with Crippen LogP contribution in [0.3, 0.4) is 0 Å². The highest BCUT2D eigenvalue weighted by Crippen LogP contribution is 2.41. The van der Waals surface area contributed by atoms with Crippen LogP contribution >= 0.6 is 11.8 Å². The van der Waals surface area contributed by atoms with E-state index in [4.69, 9.17) is 9.47 Å². The fourth-order valence-corrected chi connectivity index (χ4v) is 4.69. The molecule has 1 aromatic rings. The van der Waals surface area contributed by atoms with Gasteiger partial charge in [0.2, 0.25) is 0 Å². The van der Waals surface area contributed by atoms with Gasteiger partial charge in [0.1, 0.15) is 0 Å². The highest BCUT2D eigenvalue weighted by atomic mass is 32.2. The van der Waals surface area contributed by atoms with Crippen LogP contribution in [0.15, 0.2) is 30.3 Å². The molecule has 2 rings (SSSR count). The first-order chi connectivity index (χ1) is 11.2. The summed E-state index contributed by atoms with van der Waals surface area (Å²) in [5.41, 5.74) is 1.25. The molecule has 0 aliphatic heterocycles. The van der Waals surface area contributed by atoms with Crippen molar-refractivity contribution in [1.82, 2.24) is 0 Å². The van der Waals surface area contributed by atoms with Crippen molar-refractivity contribution in [2.75, 3.05) is 14.2 Å². The van der Waals surface area contributed by atoms with Crippen LogP contribution in [0.25, 0.3) is 0 Å². The molecule has 5 heteroatoms. The molecule has 1 aliphatic rings. The van der Waals surface area contributed by atoms with E-state index in [0.29, 0.717) is 6.42 Å². The fourth-order valence-electron chi connectivity index (χ4n) is 3.22. The molecule has 1 aromatic carbocycles. The van der Waals surface area contributed by atoms with Crippen LogP contribution in [0.1, 0.15) is 31.2 Å². The number of hydrogen-bond donors (Lipinski definition) is 0. The van der Waals surface area contributed by atoms with Crippen molar-refractivity contribution in [2.24, 2.45) is 11.8 Å². The first kappa shape index (κ1) is 17.9. The highest BCUT2D eigenvalue weighted by Gasteiger charge is 2.40. The van der Waals surface area contributed by atoms with E-state index in [0.717, 1.165) is 25.0 Å². The Morgan fingerprint density at radius 3 is 2.52 bits per heavy atom. The lowest BCUT2D eigenvalue weighted by molar-refractivity contribution is -0.150. The van der Waals surface area contributed by atoms with Crippen LogP contribution in [-0.2, 0) is 24.8 Å². The van der Waals surface area contributed by atoms with Crippen molar-refractivity contribution in [3.8, 4) is 0 Å². The molecule has 0 N–H and O–H groups in total. The highest BCUT2D eigenvalue weighted by molar-refractivity contribution is 7.99. The summed E-state index contributed by atoms with van der Waals surface area (Å²) >= 11 is 1.79. The van der Waals surface area contributed by atoms with Gasteiger partial charge in [0, 0.05) is 17.4 Å². The lowest BCUT2D eigenvalue weighted by Crippen LogP contribution is -2.38. The summed E-state index contributed by atoms with van der Waals surface area (Å²) in [5, 5.41) is 0.186. The molecule has 1 aliphatic carbocycles. The van der Waals surface area contributed by atoms with E-state index in [1.807, 2.05) is 18.2 Å². The van der Waals surface area contributed by atoms with Gasteiger partial charge in [-0.2, -0.15) is 11.8 Å². The Hall–Kier alpha value is -1.49. The maximum atomic E-state index is 12.3. The molecule has 0 radical (unpaired) electrons. The molecule has 1 fully saturated rings. The van der Waals surface area contributed by atoms with Crippen LogP contribution in [0.5, 0.6) is 0 Å². The zero-order chi connectivity index (χ0) is 16.7. The monoisotopic (exact) mass is 336 g/mol. The van der Waals surface area contributed by atoms with Crippen molar-refractivity contribution in [3.63, 3.8) is 0 Å². The van der Waals surface area contributed by atoms with Crippen molar-refractivity contribution < 1.29 is 19.1 Å². The van der Waals surface area contributed by atoms with Gasteiger partial charge in [-0.25, -0.2) is 0 Å². The van der Waals surface area contributed by atoms with E-state index in [9.17, 15) is 9.59 Å². The molecule has 0 heterocycles. The summed E-state index contributed by atoms with van der Waals surface area (Å²) in [5.74, 6) is 0.185. The molecule has 23 heavy (non-hydrogen) atoms. The second-order valence-electron chi connectivity index (χ2n) is 5.86. The standard InChI is InChI=1S/C18H24O4S/c1-21-16(19)11-14-9-6-10-15(17(14)18(20)22-2)23-12-13-7-4-3-5-8-13/h3-5,7-8,14-15,17H,6,9-12H2,1-2H3/t14-,15-,17-/m0/s1. The van der Waals surface area contributed by atoms with Gasteiger partial charge < -0.3 is 9.47 Å². The molecule has 0 amide bonds. The Labute approximate surface area is 141 Å². The van der Waals surface area contributed by atoms with E-state index in [1.54, 1.807) is 11.8 Å². The SMILES string of the molecule is COC(=O)C[C@@H]1CCC[C@H](SCc2ccccc2)[C@H]1C(=O)OC. The molecule has 0 bridgehead atoms. The molecule has 3 atom stereocenters. The summed E-state index contributed by atoms with van der Waals surface area (Å²) in [6, 6.07) is 10.2. The molecule has 0 saturated heterocycles. The molecular formula is C18H24O4S. The third-order valence-corrected chi connectivity index (χ3v) is 5.87. The second kappa shape index (κ2) is 8.96. The Kier molecular flexibility index (Phi) is 6.96.